The van der Waals surface area contributed by atoms with Gasteiger partial charge >= 0.3 is 0 Å². The van der Waals surface area contributed by atoms with Crippen LogP contribution in [-0.4, -0.2) is 51.7 Å². The number of phenolic OH excluding ortho intramolecular Hbond substituents is 1. The number of aromatic hydroxyl groups is 1. The summed E-state index contributed by atoms with van der Waals surface area (Å²) in [5.41, 5.74) is 0.256. The standard InChI is InChI=1S/C19H21NO4/c1-2-8-20-9-7-18-15-11-3-4-12(21)16(15)24-17(18)13(22)5-6-19(18,23)14(20)10-11/h2-4,14,17,21,23H,1,5-10H2/t14?,17?,18-,19?/m0/s1. The summed E-state index contributed by atoms with van der Waals surface area (Å²) in [7, 11) is 0. The van der Waals surface area contributed by atoms with Gasteiger partial charge < -0.3 is 14.9 Å². The zero-order valence-electron chi connectivity index (χ0n) is 13.5. The highest BCUT2D eigenvalue weighted by Gasteiger charge is 2.72. The molecule has 126 valence electrons. The van der Waals surface area contributed by atoms with Crippen LogP contribution >= 0.6 is 0 Å². The van der Waals surface area contributed by atoms with Crippen molar-refractivity contribution in [1.82, 2.24) is 4.90 Å². The number of hydrogen-bond acceptors (Lipinski definition) is 5. The second kappa shape index (κ2) is 4.41. The summed E-state index contributed by atoms with van der Waals surface area (Å²) in [4.78, 5) is 14.9. The van der Waals surface area contributed by atoms with Crippen molar-refractivity contribution in [1.29, 1.82) is 0 Å². The quantitative estimate of drug-likeness (QED) is 0.802. The van der Waals surface area contributed by atoms with Gasteiger partial charge in [-0.15, -0.1) is 6.58 Å². The lowest BCUT2D eigenvalue weighted by Gasteiger charge is -2.62. The van der Waals surface area contributed by atoms with Gasteiger partial charge in [-0.3, -0.25) is 9.69 Å². The Kier molecular flexibility index (Phi) is 2.66. The predicted molar refractivity (Wildman–Crippen MR) is 87.3 cm³/mol. The van der Waals surface area contributed by atoms with Crippen LogP contribution in [0, 0.1) is 0 Å². The fraction of sp³-hybridized carbons (Fsp3) is 0.526. The first-order chi connectivity index (χ1) is 11.5. The zero-order chi connectivity index (χ0) is 16.7. The Labute approximate surface area is 140 Å². The molecule has 2 bridgehead atoms. The Morgan fingerprint density at radius 3 is 3.04 bits per heavy atom. The molecule has 1 spiro atoms. The van der Waals surface area contributed by atoms with Crippen molar-refractivity contribution >= 4 is 5.78 Å². The lowest BCUT2D eigenvalue weighted by Crippen LogP contribution is -2.76. The Morgan fingerprint density at radius 1 is 1.42 bits per heavy atom. The SMILES string of the molecule is C=CCN1CC[C@]23c4c5ccc(O)c4OC2C(=O)CCC3(O)C1C5. The van der Waals surface area contributed by atoms with E-state index >= 15 is 0 Å². The molecule has 1 saturated carbocycles. The molecule has 2 aliphatic heterocycles. The summed E-state index contributed by atoms with van der Waals surface area (Å²) >= 11 is 0. The molecule has 2 aliphatic carbocycles. The van der Waals surface area contributed by atoms with Crippen molar-refractivity contribution in [2.45, 2.75) is 48.8 Å². The van der Waals surface area contributed by atoms with Gasteiger partial charge in [0.25, 0.3) is 0 Å². The van der Waals surface area contributed by atoms with Gasteiger partial charge in [0, 0.05) is 31.1 Å². The third kappa shape index (κ3) is 1.38. The summed E-state index contributed by atoms with van der Waals surface area (Å²) in [5, 5.41) is 22.1. The molecule has 4 aliphatic rings. The zero-order valence-corrected chi connectivity index (χ0v) is 13.5. The van der Waals surface area contributed by atoms with Crippen LogP contribution in [0.15, 0.2) is 24.8 Å². The van der Waals surface area contributed by atoms with E-state index < -0.39 is 17.1 Å². The smallest absolute Gasteiger partial charge is 0.174 e. The Bertz CT molecular complexity index is 775. The summed E-state index contributed by atoms with van der Waals surface area (Å²) in [6, 6.07) is 3.52. The summed E-state index contributed by atoms with van der Waals surface area (Å²) < 4.78 is 5.98. The molecular weight excluding hydrogens is 306 g/mol. The third-order valence-corrected chi connectivity index (χ3v) is 6.73. The van der Waals surface area contributed by atoms with Gasteiger partial charge in [-0.25, -0.2) is 0 Å². The van der Waals surface area contributed by atoms with Gasteiger partial charge in [-0.05, 0) is 30.9 Å². The molecule has 1 aromatic rings. The fourth-order valence-corrected chi connectivity index (χ4v) is 5.80. The second-order valence-electron chi connectivity index (χ2n) is 7.56. The number of piperidine rings is 1. The number of ether oxygens (including phenoxy) is 1. The lowest BCUT2D eigenvalue weighted by atomic mass is 9.49. The van der Waals surface area contributed by atoms with Crippen LogP contribution in [0.2, 0.25) is 0 Å². The molecule has 2 heterocycles. The molecule has 2 N–H and O–H groups in total. The number of Topliss-reactive ketones (excluding diaryl/α,β-unsaturated/α-hetero) is 1. The maximum absolute atomic E-state index is 12.6. The second-order valence-corrected chi connectivity index (χ2v) is 7.56. The first kappa shape index (κ1) is 14.5. The molecular formula is C19H21NO4. The molecule has 5 nitrogen and oxygen atoms in total. The number of phenols is 1. The van der Waals surface area contributed by atoms with Crippen LogP contribution < -0.4 is 4.74 Å². The van der Waals surface area contributed by atoms with Crippen molar-refractivity contribution in [3.63, 3.8) is 0 Å². The summed E-state index contributed by atoms with van der Waals surface area (Å²) in [6.45, 7) is 5.36. The number of rotatable bonds is 2. The molecule has 1 saturated heterocycles. The van der Waals surface area contributed by atoms with Crippen LogP contribution in [0.4, 0.5) is 0 Å². The highest BCUT2D eigenvalue weighted by Crippen LogP contribution is 2.64. The maximum atomic E-state index is 12.6. The van der Waals surface area contributed by atoms with E-state index in [0.717, 1.165) is 24.2 Å². The Hall–Kier alpha value is -1.85. The van der Waals surface area contributed by atoms with E-state index in [1.807, 2.05) is 12.1 Å². The normalized spacial score (nSPS) is 39.3. The van der Waals surface area contributed by atoms with Crippen molar-refractivity contribution in [3.8, 4) is 11.5 Å². The first-order valence-electron chi connectivity index (χ1n) is 8.65. The number of ketones is 1. The number of benzene rings is 1. The average Bonchev–Trinajstić information content (AvgIpc) is 2.91. The van der Waals surface area contributed by atoms with Crippen molar-refractivity contribution in [3.05, 3.63) is 35.9 Å². The Morgan fingerprint density at radius 2 is 2.25 bits per heavy atom. The number of likely N-dealkylation sites (tertiary alicyclic amines) is 1. The molecule has 4 atom stereocenters. The molecule has 3 unspecified atom stereocenters. The van der Waals surface area contributed by atoms with E-state index in [1.54, 1.807) is 6.07 Å². The van der Waals surface area contributed by atoms with Crippen molar-refractivity contribution in [2.75, 3.05) is 13.1 Å². The van der Waals surface area contributed by atoms with Crippen LogP contribution in [0.5, 0.6) is 11.5 Å². The van der Waals surface area contributed by atoms with E-state index in [4.69, 9.17) is 4.74 Å². The predicted octanol–water partition coefficient (Wildman–Crippen LogP) is 1.30. The van der Waals surface area contributed by atoms with E-state index in [0.29, 0.717) is 31.4 Å². The van der Waals surface area contributed by atoms with E-state index in [9.17, 15) is 15.0 Å². The molecule has 1 aromatic carbocycles. The average molecular weight is 327 g/mol. The fourth-order valence-electron chi connectivity index (χ4n) is 5.80. The van der Waals surface area contributed by atoms with Crippen LogP contribution in [-0.2, 0) is 16.6 Å². The van der Waals surface area contributed by atoms with Crippen molar-refractivity contribution in [2.24, 2.45) is 0 Å². The number of hydrogen-bond donors (Lipinski definition) is 2. The molecule has 5 heteroatoms. The molecule has 0 aromatic heterocycles. The number of nitrogens with zero attached hydrogens (tertiary/aromatic N) is 1. The molecule has 24 heavy (non-hydrogen) atoms. The van der Waals surface area contributed by atoms with Gasteiger partial charge in [0.15, 0.2) is 23.4 Å². The Balaban J connectivity index is 1.80. The van der Waals surface area contributed by atoms with Gasteiger partial charge in [-0.1, -0.05) is 12.1 Å². The van der Waals surface area contributed by atoms with Gasteiger partial charge in [0.1, 0.15) is 0 Å². The van der Waals surface area contributed by atoms with E-state index in [2.05, 4.69) is 11.5 Å². The molecule has 0 radical (unpaired) electrons. The van der Waals surface area contributed by atoms with Crippen LogP contribution in [0.1, 0.15) is 30.4 Å². The molecule has 2 fully saturated rings. The van der Waals surface area contributed by atoms with Crippen LogP contribution in [0.3, 0.4) is 0 Å². The lowest BCUT2D eigenvalue weighted by molar-refractivity contribution is -0.187. The maximum Gasteiger partial charge on any atom is 0.174 e. The van der Waals surface area contributed by atoms with E-state index in [1.165, 1.54) is 0 Å². The first-order valence-corrected chi connectivity index (χ1v) is 8.65. The van der Waals surface area contributed by atoms with Crippen molar-refractivity contribution < 1.29 is 19.7 Å². The number of carbonyl (C=O) groups is 1. The van der Waals surface area contributed by atoms with Gasteiger partial charge in [0.05, 0.1) is 11.0 Å². The molecule has 5 rings (SSSR count). The minimum absolute atomic E-state index is 0.0408. The number of aliphatic hydroxyl groups is 1. The molecule has 0 amide bonds. The highest BCUT2D eigenvalue weighted by atomic mass is 16.5. The monoisotopic (exact) mass is 327 g/mol. The van der Waals surface area contributed by atoms with E-state index in [-0.39, 0.29) is 17.6 Å². The van der Waals surface area contributed by atoms with Gasteiger partial charge in [0.2, 0.25) is 0 Å². The highest BCUT2D eigenvalue weighted by molar-refractivity contribution is 5.90. The largest absolute Gasteiger partial charge is 0.504 e. The number of carbonyl (C=O) groups excluding carboxylic acids is 1. The van der Waals surface area contributed by atoms with Gasteiger partial charge in [-0.2, -0.15) is 0 Å². The van der Waals surface area contributed by atoms with Crippen LogP contribution in [0.25, 0.3) is 0 Å². The minimum atomic E-state index is -1.00. The summed E-state index contributed by atoms with van der Waals surface area (Å²) in [6.07, 6.45) is 3.35. The topological polar surface area (TPSA) is 70.0 Å². The summed E-state index contributed by atoms with van der Waals surface area (Å²) in [5.74, 6) is 0.528. The minimum Gasteiger partial charge on any atom is -0.504 e. The third-order valence-electron chi connectivity index (χ3n) is 6.73.